The van der Waals surface area contributed by atoms with E-state index in [1.165, 1.54) is 0 Å². The Bertz CT molecular complexity index is 572. The molecule has 1 unspecified atom stereocenters. The van der Waals surface area contributed by atoms with Crippen molar-refractivity contribution in [2.45, 2.75) is 13.0 Å². The van der Waals surface area contributed by atoms with Gasteiger partial charge in [0.05, 0.1) is 6.04 Å². The molecule has 0 spiro atoms. The summed E-state index contributed by atoms with van der Waals surface area (Å²) in [5.74, 6) is 0.519. The molecule has 0 fully saturated rings. The number of hydrogen-bond acceptors (Lipinski definition) is 4. The van der Waals surface area contributed by atoms with Gasteiger partial charge in [0.1, 0.15) is 6.33 Å². The van der Waals surface area contributed by atoms with Crippen LogP contribution in [0.2, 0.25) is 0 Å². The van der Waals surface area contributed by atoms with Gasteiger partial charge < -0.3 is 15.6 Å². The molecule has 0 bridgehead atoms. The van der Waals surface area contributed by atoms with Gasteiger partial charge in [-0.1, -0.05) is 6.07 Å². The highest BCUT2D eigenvalue weighted by atomic mass is 35.5. The molecule has 0 aliphatic carbocycles. The quantitative estimate of drug-likeness (QED) is 0.844. The Kier molecular flexibility index (Phi) is 7.02. The first-order chi connectivity index (χ1) is 8.58. The maximum atomic E-state index is 12.0. The van der Waals surface area contributed by atoms with Crippen LogP contribution in [-0.4, -0.2) is 20.7 Å². The summed E-state index contributed by atoms with van der Waals surface area (Å²) in [7, 11) is 1.83. The van der Waals surface area contributed by atoms with Crippen LogP contribution in [0.4, 0.5) is 5.69 Å². The molecule has 3 N–H and O–H groups in total. The van der Waals surface area contributed by atoms with E-state index in [-0.39, 0.29) is 36.8 Å². The topological polar surface area (TPSA) is 85.8 Å². The average Bonchev–Trinajstić information content (AvgIpc) is 2.75. The smallest absolute Gasteiger partial charge is 0.251 e. The van der Waals surface area contributed by atoms with Crippen LogP contribution >= 0.6 is 24.8 Å². The Morgan fingerprint density at radius 2 is 2.10 bits per heavy atom. The molecule has 2 aromatic rings. The standard InChI is InChI=1S/C12H15N5O.2ClH/c1-8(11-16-14-7-17(11)2)15-12(18)9-4-3-5-10(13)6-9;;/h3-8H,13H2,1-2H3,(H,15,18);2*1H. The first-order valence-electron chi connectivity index (χ1n) is 5.58. The third-order valence-corrected chi connectivity index (χ3v) is 2.63. The molecule has 0 aliphatic heterocycles. The number of carbonyl (C=O) groups is 1. The summed E-state index contributed by atoms with van der Waals surface area (Å²) in [4.78, 5) is 12.0. The second-order valence-electron chi connectivity index (χ2n) is 4.12. The number of halogens is 2. The zero-order chi connectivity index (χ0) is 13.1. The van der Waals surface area contributed by atoms with E-state index < -0.39 is 0 Å². The number of amides is 1. The van der Waals surface area contributed by atoms with E-state index in [1.807, 2.05) is 14.0 Å². The number of carbonyl (C=O) groups excluding carboxylic acids is 1. The average molecular weight is 318 g/mol. The van der Waals surface area contributed by atoms with Crippen molar-refractivity contribution in [2.24, 2.45) is 7.05 Å². The van der Waals surface area contributed by atoms with Gasteiger partial charge in [-0.15, -0.1) is 35.0 Å². The van der Waals surface area contributed by atoms with Crippen LogP contribution in [-0.2, 0) is 7.05 Å². The van der Waals surface area contributed by atoms with Crippen molar-refractivity contribution in [1.82, 2.24) is 20.1 Å². The van der Waals surface area contributed by atoms with Crippen LogP contribution in [0, 0.1) is 0 Å². The lowest BCUT2D eigenvalue weighted by atomic mass is 10.2. The third kappa shape index (κ3) is 4.11. The Hall–Kier alpha value is -1.79. The summed E-state index contributed by atoms with van der Waals surface area (Å²) in [6.45, 7) is 1.86. The van der Waals surface area contributed by atoms with Crippen LogP contribution in [0.5, 0.6) is 0 Å². The zero-order valence-electron chi connectivity index (χ0n) is 11.1. The van der Waals surface area contributed by atoms with E-state index in [9.17, 15) is 4.79 Å². The lowest BCUT2D eigenvalue weighted by molar-refractivity contribution is 0.0938. The molecule has 1 amide bonds. The molecule has 1 aromatic heterocycles. The van der Waals surface area contributed by atoms with Crippen LogP contribution in [0.25, 0.3) is 0 Å². The number of benzene rings is 1. The second kappa shape index (κ2) is 7.72. The summed E-state index contributed by atoms with van der Waals surface area (Å²) in [6, 6.07) is 6.62. The van der Waals surface area contributed by atoms with Crippen molar-refractivity contribution >= 4 is 36.4 Å². The van der Waals surface area contributed by atoms with Gasteiger partial charge in [0.15, 0.2) is 5.82 Å². The molecule has 8 heteroatoms. The number of anilines is 1. The number of hydrogen-bond donors (Lipinski definition) is 2. The predicted octanol–water partition coefficient (Wildman–Crippen LogP) is 1.73. The van der Waals surface area contributed by atoms with Crippen molar-refractivity contribution in [1.29, 1.82) is 0 Å². The van der Waals surface area contributed by atoms with Gasteiger partial charge in [-0.3, -0.25) is 4.79 Å². The number of aryl methyl sites for hydroxylation is 1. The lowest BCUT2D eigenvalue weighted by Crippen LogP contribution is -2.28. The number of rotatable bonds is 3. The second-order valence-corrected chi connectivity index (χ2v) is 4.12. The number of nitrogens with one attached hydrogen (secondary N) is 1. The Morgan fingerprint density at radius 3 is 2.65 bits per heavy atom. The normalized spacial score (nSPS) is 10.9. The number of aromatic nitrogens is 3. The molecule has 0 saturated carbocycles. The highest BCUT2D eigenvalue weighted by molar-refractivity contribution is 5.95. The first-order valence-corrected chi connectivity index (χ1v) is 5.58. The van der Waals surface area contributed by atoms with Gasteiger partial charge in [0, 0.05) is 18.3 Å². The lowest BCUT2D eigenvalue weighted by Gasteiger charge is -2.13. The van der Waals surface area contributed by atoms with Gasteiger partial charge in [-0.05, 0) is 25.1 Å². The Labute approximate surface area is 129 Å². The van der Waals surface area contributed by atoms with E-state index in [0.29, 0.717) is 17.1 Å². The van der Waals surface area contributed by atoms with Gasteiger partial charge in [0.25, 0.3) is 5.91 Å². The number of nitrogens with zero attached hydrogens (tertiary/aromatic N) is 3. The van der Waals surface area contributed by atoms with Gasteiger partial charge in [-0.2, -0.15) is 0 Å². The van der Waals surface area contributed by atoms with E-state index in [0.717, 1.165) is 0 Å². The third-order valence-electron chi connectivity index (χ3n) is 2.63. The molecule has 0 saturated heterocycles. The minimum Gasteiger partial charge on any atom is -0.399 e. The van der Waals surface area contributed by atoms with Gasteiger partial charge in [0.2, 0.25) is 0 Å². The van der Waals surface area contributed by atoms with E-state index in [2.05, 4.69) is 15.5 Å². The van der Waals surface area contributed by atoms with Crippen LogP contribution in [0.1, 0.15) is 29.1 Å². The summed E-state index contributed by atoms with van der Waals surface area (Å²) in [5.41, 5.74) is 6.73. The molecular weight excluding hydrogens is 301 g/mol. The maximum Gasteiger partial charge on any atom is 0.251 e. The van der Waals surface area contributed by atoms with E-state index in [4.69, 9.17) is 5.73 Å². The summed E-state index contributed by atoms with van der Waals surface area (Å²) >= 11 is 0. The predicted molar refractivity (Wildman–Crippen MR) is 82.2 cm³/mol. The largest absolute Gasteiger partial charge is 0.399 e. The van der Waals surface area contributed by atoms with Gasteiger partial charge >= 0.3 is 0 Å². The molecular formula is C12H17Cl2N5O. The van der Waals surface area contributed by atoms with Crippen molar-refractivity contribution < 1.29 is 4.79 Å². The molecule has 2 rings (SSSR count). The van der Waals surface area contributed by atoms with Crippen LogP contribution in [0.3, 0.4) is 0 Å². The SMILES string of the molecule is CC(NC(=O)c1cccc(N)c1)c1nncn1C.Cl.Cl. The Morgan fingerprint density at radius 1 is 1.40 bits per heavy atom. The number of nitrogens with two attached hydrogens (primary N) is 1. The van der Waals surface area contributed by atoms with Crippen LogP contribution in [0.15, 0.2) is 30.6 Å². The highest BCUT2D eigenvalue weighted by Gasteiger charge is 2.15. The van der Waals surface area contributed by atoms with Crippen molar-refractivity contribution in [3.63, 3.8) is 0 Å². The van der Waals surface area contributed by atoms with E-state index >= 15 is 0 Å². The monoisotopic (exact) mass is 317 g/mol. The van der Waals surface area contributed by atoms with Crippen molar-refractivity contribution in [2.75, 3.05) is 5.73 Å². The molecule has 0 aliphatic rings. The summed E-state index contributed by atoms with van der Waals surface area (Å²) in [5, 5.41) is 10.6. The minimum atomic E-state index is -0.216. The minimum absolute atomic E-state index is 0. The first kappa shape index (κ1) is 18.2. The van der Waals surface area contributed by atoms with Crippen LogP contribution < -0.4 is 11.1 Å². The molecule has 0 radical (unpaired) electrons. The fourth-order valence-electron chi connectivity index (χ4n) is 1.71. The highest BCUT2D eigenvalue weighted by Crippen LogP contribution is 2.11. The molecule has 1 atom stereocenters. The maximum absolute atomic E-state index is 12.0. The molecule has 1 heterocycles. The Balaban J connectivity index is 0.00000180. The fourth-order valence-corrected chi connectivity index (χ4v) is 1.71. The summed E-state index contributed by atoms with van der Waals surface area (Å²) in [6.07, 6.45) is 1.60. The van der Waals surface area contributed by atoms with Crippen molar-refractivity contribution in [3.05, 3.63) is 42.0 Å². The fraction of sp³-hybridized carbons (Fsp3) is 0.250. The molecule has 20 heavy (non-hydrogen) atoms. The summed E-state index contributed by atoms with van der Waals surface area (Å²) < 4.78 is 1.77. The zero-order valence-corrected chi connectivity index (χ0v) is 12.7. The molecule has 110 valence electrons. The molecule has 1 aromatic carbocycles. The van der Waals surface area contributed by atoms with E-state index in [1.54, 1.807) is 35.2 Å². The van der Waals surface area contributed by atoms with Gasteiger partial charge in [-0.25, -0.2) is 0 Å². The molecule has 6 nitrogen and oxygen atoms in total. The van der Waals surface area contributed by atoms with Crippen molar-refractivity contribution in [3.8, 4) is 0 Å². The number of nitrogen functional groups attached to an aromatic ring is 1.